The SMILES string of the molecule is [2H]CC1OC(n2ccc(NC(C)=O)nc2=O)C(F)C1OP(OCCC(C)C)N(C(C)C)C(C)C. The minimum Gasteiger partial charge on any atom is -0.349 e. The zero-order chi connectivity index (χ0) is 25.6. The molecule has 2 heterocycles. The first-order chi connectivity index (χ1) is 16.0. The summed E-state index contributed by atoms with van der Waals surface area (Å²) < 4.78 is 44.7. The highest BCUT2D eigenvalue weighted by Crippen LogP contribution is 2.50. The van der Waals surface area contributed by atoms with Crippen molar-refractivity contribution in [2.75, 3.05) is 11.9 Å². The van der Waals surface area contributed by atoms with E-state index in [9.17, 15) is 9.59 Å². The molecule has 1 saturated heterocycles. The van der Waals surface area contributed by atoms with Crippen molar-refractivity contribution >= 4 is 20.3 Å². The van der Waals surface area contributed by atoms with Crippen molar-refractivity contribution < 1.29 is 24.3 Å². The van der Waals surface area contributed by atoms with Gasteiger partial charge in [0.25, 0.3) is 8.53 Å². The number of ether oxygens (including phenoxy) is 1. The number of nitrogens with one attached hydrogen (secondary N) is 1. The first kappa shape index (κ1) is 26.2. The van der Waals surface area contributed by atoms with Gasteiger partial charge in [0.05, 0.1) is 12.7 Å². The molecule has 1 amide bonds. The Morgan fingerprint density at radius 3 is 2.55 bits per heavy atom. The Morgan fingerprint density at radius 1 is 1.36 bits per heavy atom. The van der Waals surface area contributed by atoms with Crippen molar-refractivity contribution in [1.82, 2.24) is 14.2 Å². The van der Waals surface area contributed by atoms with E-state index in [2.05, 4.69) is 28.8 Å². The maximum Gasteiger partial charge on any atom is 0.351 e. The molecule has 5 unspecified atom stereocenters. The topological polar surface area (TPSA) is 94.9 Å². The van der Waals surface area contributed by atoms with Crippen LogP contribution in [0.15, 0.2) is 17.1 Å². The lowest BCUT2D eigenvalue weighted by Crippen LogP contribution is -2.38. The van der Waals surface area contributed by atoms with Crippen LogP contribution in [0.2, 0.25) is 0 Å². The van der Waals surface area contributed by atoms with E-state index in [1.165, 1.54) is 19.2 Å². The summed E-state index contributed by atoms with van der Waals surface area (Å²) in [6, 6.07) is 1.57. The summed E-state index contributed by atoms with van der Waals surface area (Å²) in [5.41, 5.74) is -0.773. The second kappa shape index (κ2) is 12.3. The normalized spacial score (nSPS) is 24.7. The summed E-state index contributed by atoms with van der Waals surface area (Å²) in [4.78, 5) is 27.5. The van der Waals surface area contributed by atoms with Gasteiger partial charge in [0.2, 0.25) is 5.91 Å². The smallest absolute Gasteiger partial charge is 0.349 e. The van der Waals surface area contributed by atoms with Crippen LogP contribution in [0.25, 0.3) is 0 Å². The van der Waals surface area contributed by atoms with Gasteiger partial charge in [-0.25, -0.2) is 13.9 Å². The van der Waals surface area contributed by atoms with Gasteiger partial charge in [0.1, 0.15) is 11.9 Å². The van der Waals surface area contributed by atoms with Crippen LogP contribution in [-0.2, 0) is 18.6 Å². The predicted octanol–water partition coefficient (Wildman–Crippen LogP) is 4.25. The monoisotopic (exact) mass is 489 g/mol. The minimum atomic E-state index is -1.72. The number of nitrogens with zero attached hydrogens (tertiary/aromatic N) is 3. The minimum absolute atomic E-state index is 0.0681. The quantitative estimate of drug-likeness (QED) is 0.464. The number of rotatable bonds is 11. The van der Waals surface area contributed by atoms with E-state index in [0.29, 0.717) is 12.5 Å². The number of alkyl halides is 1. The van der Waals surface area contributed by atoms with Crippen molar-refractivity contribution in [3.8, 4) is 0 Å². The first-order valence-corrected chi connectivity index (χ1v) is 12.4. The van der Waals surface area contributed by atoms with E-state index >= 15 is 4.39 Å². The lowest BCUT2D eigenvalue weighted by Gasteiger charge is -2.37. The van der Waals surface area contributed by atoms with Gasteiger partial charge in [0, 0.05) is 26.6 Å². The molecular formula is C22H38FN4O5P. The Labute approximate surface area is 198 Å². The van der Waals surface area contributed by atoms with Crippen LogP contribution in [0.5, 0.6) is 0 Å². The van der Waals surface area contributed by atoms with Gasteiger partial charge in [-0.2, -0.15) is 4.98 Å². The standard InChI is InChI=1S/C22H38FN4O5P/c1-13(2)10-12-30-33(27(14(3)4)15(5)6)32-20-16(7)31-21(19(20)23)26-11-9-18(24-17(8)28)25-22(26)29/h9,11,13-16,19-21H,10,12H2,1-8H3,(H,24,25,28,29)/i7D. The zero-order valence-corrected chi connectivity index (χ0v) is 21.4. The summed E-state index contributed by atoms with van der Waals surface area (Å²) in [7, 11) is -1.63. The number of carbonyl (C=O) groups is 1. The molecule has 0 saturated carbocycles. The van der Waals surface area contributed by atoms with Gasteiger partial charge in [-0.3, -0.25) is 9.36 Å². The van der Waals surface area contributed by atoms with Crippen molar-refractivity contribution in [2.24, 2.45) is 5.92 Å². The molecule has 0 aromatic carbocycles. The molecule has 0 radical (unpaired) electrons. The van der Waals surface area contributed by atoms with Crippen molar-refractivity contribution in [1.29, 1.82) is 0 Å². The van der Waals surface area contributed by atoms with E-state index in [0.717, 1.165) is 11.0 Å². The van der Waals surface area contributed by atoms with Crippen LogP contribution in [0.1, 0.15) is 69.4 Å². The lowest BCUT2D eigenvalue weighted by molar-refractivity contribution is -0.114. The molecule has 1 aromatic heterocycles. The summed E-state index contributed by atoms with van der Waals surface area (Å²) in [5, 5.41) is 2.42. The summed E-state index contributed by atoms with van der Waals surface area (Å²) in [5.74, 6) is 0.134. The lowest BCUT2D eigenvalue weighted by atomic mass is 10.2. The third-order valence-corrected chi connectivity index (χ3v) is 7.16. The van der Waals surface area contributed by atoms with Crippen LogP contribution in [0.3, 0.4) is 0 Å². The molecular weight excluding hydrogens is 450 g/mol. The molecule has 9 nitrogen and oxygen atoms in total. The highest BCUT2D eigenvalue weighted by molar-refractivity contribution is 7.44. The third-order valence-electron chi connectivity index (χ3n) is 5.03. The fraction of sp³-hybridized carbons (Fsp3) is 0.773. The molecule has 5 atom stereocenters. The number of amides is 1. The number of halogens is 1. The van der Waals surface area contributed by atoms with E-state index in [-0.39, 0.29) is 30.7 Å². The molecule has 1 fully saturated rings. The molecule has 0 aliphatic carbocycles. The predicted molar refractivity (Wildman–Crippen MR) is 127 cm³/mol. The van der Waals surface area contributed by atoms with Gasteiger partial charge in [-0.1, -0.05) is 13.8 Å². The molecule has 0 bridgehead atoms. The second-order valence-electron chi connectivity index (χ2n) is 9.08. The van der Waals surface area contributed by atoms with E-state index in [1.54, 1.807) is 0 Å². The van der Waals surface area contributed by atoms with Gasteiger partial charge < -0.3 is 19.1 Å². The molecule has 1 aliphatic heterocycles. The number of hydrogen-bond donors (Lipinski definition) is 1. The van der Waals surface area contributed by atoms with Crippen LogP contribution in [-0.4, -0.2) is 57.2 Å². The Morgan fingerprint density at radius 2 is 2.03 bits per heavy atom. The first-order valence-electron chi connectivity index (χ1n) is 12.0. The highest BCUT2D eigenvalue weighted by atomic mass is 31.2. The van der Waals surface area contributed by atoms with Crippen molar-refractivity contribution in [3.63, 3.8) is 0 Å². The summed E-state index contributed by atoms with van der Waals surface area (Å²) in [6.07, 6.45) is -2.85. The van der Waals surface area contributed by atoms with Gasteiger partial charge in [-0.15, -0.1) is 0 Å². The molecule has 1 N–H and O–H groups in total. The molecule has 1 aromatic rings. The van der Waals surface area contributed by atoms with E-state index in [4.69, 9.17) is 15.2 Å². The van der Waals surface area contributed by atoms with Gasteiger partial charge in [-0.05, 0) is 53.0 Å². The maximum atomic E-state index is 15.7. The molecule has 11 heteroatoms. The van der Waals surface area contributed by atoms with Crippen LogP contribution >= 0.6 is 8.53 Å². The third kappa shape index (κ3) is 7.52. The van der Waals surface area contributed by atoms with Gasteiger partial charge in [0.15, 0.2) is 12.4 Å². The fourth-order valence-electron chi connectivity index (χ4n) is 3.50. The number of hydrogen-bond acceptors (Lipinski definition) is 7. The molecule has 0 spiro atoms. The second-order valence-corrected chi connectivity index (χ2v) is 10.5. The maximum absolute atomic E-state index is 15.7. The van der Waals surface area contributed by atoms with Crippen molar-refractivity contribution in [3.05, 3.63) is 22.7 Å². The average Bonchev–Trinajstić information content (AvgIpc) is 3.02. The molecule has 188 valence electrons. The Hall–Kier alpha value is -1.45. The highest BCUT2D eigenvalue weighted by Gasteiger charge is 2.47. The number of anilines is 1. The van der Waals surface area contributed by atoms with Gasteiger partial charge >= 0.3 is 5.69 Å². The average molecular weight is 490 g/mol. The molecule has 33 heavy (non-hydrogen) atoms. The van der Waals surface area contributed by atoms with Crippen LogP contribution in [0, 0.1) is 5.92 Å². The van der Waals surface area contributed by atoms with Crippen LogP contribution < -0.4 is 11.0 Å². The number of aromatic nitrogens is 2. The molecule has 1 aliphatic rings. The van der Waals surface area contributed by atoms with E-state index < -0.39 is 38.8 Å². The van der Waals surface area contributed by atoms with Crippen LogP contribution in [0.4, 0.5) is 10.2 Å². The fourth-order valence-corrected chi connectivity index (χ4v) is 5.28. The largest absolute Gasteiger partial charge is 0.351 e. The summed E-state index contributed by atoms with van der Waals surface area (Å²) >= 11 is 0. The zero-order valence-electron chi connectivity index (χ0n) is 21.5. The Balaban J connectivity index is 2.27. The Bertz CT molecular complexity index is 851. The summed E-state index contributed by atoms with van der Waals surface area (Å²) in [6.45, 7) is 13.8. The Kier molecular flexibility index (Phi) is 9.76. The number of carbonyl (C=O) groups excluding carboxylic acids is 1. The van der Waals surface area contributed by atoms with E-state index in [1.807, 2.05) is 27.7 Å². The molecule has 2 rings (SSSR count). The van der Waals surface area contributed by atoms with Crippen molar-refractivity contribution in [2.45, 2.75) is 98.5 Å².